The average Bonchev–Trinajstić information content (AvgIpc) is 2.25. The van der Waals surface area contributed by atoms with Gasteiger partial charge in [-0.25, -0.2) is 0 Å². The maximum absolute atomic E-state index is 9.73. The van der Waals surface area contributed by atoms with E-state index in [4.69, 9.17) is 4.84 Å². The number of para-hydroxylation sites is 1. The molecule has 0 spiro atoms. The smallest absolute Gasteiger partial charge is 0.120 e. The minimum Gasteiger partial charge on any atom is -0.508 e. The topological polar surface area (TPSA) is 41.5 Å². The molecule has 0 aliphatic rings. The van der Waals surface area contributed by atoms with E-state index in [1.807, 2.05) is 18.2 Å². The van der Waals surface area contributed by atoms with E-state index in [2.05, 4.69) is 26.3 Å². The second-order valence-electron chi connectivity index (χ2n) is 4.34. The number of hydroxylamine groups is 1. The van der Waals surface area contributed by atoms with Crippen LogP contribution in [0.4, 0.5) is 0 Å². The number of hydrogen-bond acceptors (Lipinski definition) is 3. The van der Waals surface area contributed by atoms with Crippen molar-refractivity contribution in [2.45, 2.75) is 33.2 Å². The lowest BCUT2D eigenvalue weighted by atomic mass is 10.0. The van der Waals surface area contributed by atoms with Crippen LogP contribution < -0.4 is 5.48 Å². The number of phenolic OH excluding ortho intramolecular Hbond substituents is 1. The molecule has 16 heavy (non-hydrogen) atoms. The Morgan fingerprint density at radius 1 is 1.31 bits per heavy atom. The minimum atomic E-state index is 0.0416. The molecule has 1 atom stereocenters. The number of nitrogens with one attached hydrogen (secondary N) is 1. The third-order valence-electron chi connectivity index (χ3n) is 2.36. The highest BCUT2D eigenvalue weighted by Gasteiger charge is 2.12. The summed E-state index contributed by atoms with van der Waals surface area (Å²) in [7, 11) is 0. The van der Waals surface area contributed by atoms with Crippen LogP contribution in [0.15, 0.2) is 24.3 Å². The van der Waals surface area contributed by atoms with Crippen molar-refractivity contribution in [1.29, 1.82) is 0 Å². The molecule has 3 heteroatoms. The van der Waals surface area contributed by atoms with Crippen LogP contribution in [0.3, 0.4) is 0 Å². The molecule has 1 unspecified atom stereocenters. The predicted octanol–water partition coefficient (Wildman–Crippen LogP) is 3.02. The van der Waals surface area contributed by atoms with Crippen LogP contribution in [0.25, 0.3) is 0 Å². The standard InChI is InChI=1S/C13H21NO2/c1-4-12(14-16-9-10(2)3)11-7-5-6-8-13(11)15/h5-8,10,12,14-15H,4,9H2,1-3H3. The Kier molecular flexibility index (Phi) is 5.29. The Bertz CT molecular complexity index is 313. The maximum atomic E-state index is 9.73. The highest BCUT2D eigenvalue weighted by molar-refractivity contribution is 5.34. The van der Waals surface area contributed by atoms with Crippen LogP contribution in [0.1, 0.15) is 38.8 Å². The van der Waals surface area contributed by atoms with Gasteiger partial charge in [0.15, 0.2) is 0 Å². The molecule has 2 N–H and O–H groups in total. The van der Waals surface area contributed by atoms with Gasteiger partial charge in [0.25, 0.3) is 0 Å². The molecule has 3 nitrogen and oxygen atoms in total. The lowest BCUT2D eigenvalue weighted by molar-refractivity contribution is -0.00102. The molecule has 1 aromatic rings. The Balaban J connectivity index is 2.57. The van der Waals surface area contributed by atoms with Gasteiger partial charge in [0.2, 0.25) is 0 Å². The predicted molar refractivity (Wildman–Crippen MR) is 65.1 cm³/mol. The van der Waals surface area contributed by atoms with Crippen LogP contribution in [0.5, 0.6) is 5.75 Å². The van der Waals surface area contributed by atoms with E-state index in [0.29, 0.717) is 18.3 Å². The molecule has 0 amide bonds. The van der Waals surface area contributed by atoms with Crippen molar-refractivity contribution in [3.05, 3.63) is 29.8 Å². The van der Waals surface area contributed by atoms with Crippen LogP contribution >= 0.6 is 0 Å². The van der Waals surface area contributed by atoms with Crippen LogP contribution in [-0.4, -0.2) is 11.7 Å². The van der Waals surface area contributed by atoms with Crippen molar-refractivity contribution in [2.24, 2.45) is 5.92 Å². The van der Waals surface area contributed by atoms with Gasteiger partial charge in [-0.3, -0.25) is 0 Å². The van der Waals surface area contributed by atoms with Crippen molar-refractivity contribution in [3.63, 3.8) is 0 Å². The summed E-state index contributed by atoms with van der Waals surface area (Å²) >= 11 is 0. The lowest BCUT2D eigenvalue weighted by Crippen LogP contribution is -2.23. The summed E-state index contributed by atoms with van der Waals surface area (Å²) in [5.74, 6) is 0.810. The molecular formula is C13H21NO2. The first-order valence-corrected chi connectivity index (χ1v) is 5.80. The summed E-state index contributed by atoms with van der Waals surface area (Å²) < 4.78 is 0. The highest BCUT2D eigenvalue weighted by Crippen LogP contribution is 2.25. The fourth-order valence-corrected chi connectivity index (χ4v) is 1.46. The third-order valence-corrected chi connectivity index (χ3v) is 2.36. The third kappa shape index (κ3) is 3.83. The summed E-state index contributed by atoms with van der Waals surface area (Å²) in [5.41, 5.74) is 3.88. The van der Waals surface area contributed by atoms with Gasteiger partial charge >= 0.3 is 0 Å². The monoisotopic (exact) mass is 223 g/mol. The number of aromatic hydroxyl groups is 1. The highest BCUT2D eigenvalue weighted by atomic mass is 16.6. The summed E-state index contributed by atoms with van der Waals surface area (Å²) in [6, 6.07) is 7.39. The van der Waals surface area contributed by atoms with E-state index >= 15 is 0 Å². The van der Waals surface area contributed by atoms with Crippen LogP contribution in [-0.2, 0) is 4.84 Å². The molecule has 0 aromatic heterocycles. The Hall–Kier alpha value is -1.06. The first kappa shape index (κ1) is 13.0. The van der Waals surface area contributed by atoms with Crippen LogP contribution in [0.2, 0.25) is 0 Å². The van der Waals surface area contributed by atoms with E-state index in [1.165, 1.54) is 0 Å². The molecule has 0 heterocycles. The maximum Gasteiger partial charge on any atom is 0.120 e. The number of phenols is 1. The van der Waals surface area contributed by atoms with Gasteiger partial charge in [0, 0.05) is 5.56 Å². The molecular weight excluding hydrogens is 202 g/mol. The zero-order valence-electron chi connectivity index (χ0n) is 10.2. The first-order chi connectivity index (χ1) is 7.65. The van der Waals surface area contributed by atoms with Crippen molar-refractivity contribution in [3.8, 4) is 5.75 Å². The molecule has 0 fully saturated rings. The van der Waals surface area contributed by atoms with Crippen molar-refractivity contribution in [1.82, 2.24) is 5.48 Å². The first-order valence-electron chi connectivity index (χ1n) is 5.80. The second-order valence-corrected chi connectivity index (χ2v) is 4.34. The van der Waals surface area contributed by atoms with E-state index in [-0.39, 0.29) is 6.04 Å². The Labute approximate surface area is 97.4 Å². The van der Waals surface area contributed by atoms with Gasteiger partial charge in [0.1, 0.15) is 5.75 Å². The minimum absolute atomic E-state index is 0.0416. The van der Waals surface area contributed by atoms with E-state index < -0.39 is 0 Å². The Morgan fingerprint density at radius 3 is 2.56 bits per heavy atom. The van der Waals surface area contributed by atoms with Gasteiger partial charge in [-0.15, -0.1) is 0 Å². The number of rotatable bonds is 6. The van der Waals surface area contributed by atoms with Crippen molar-refractivity contribution in [2.75, 3.05) is 6.61 Å². The normalized spacial score (nSPS) is 13.0. The fourth-order valence-electron chi connectivity index (χ4n) is 1.46. The average molecular weight is 223 g/mol. The van der Waals surface area contributed by atoms with Gasteiger partial charge < -0.3 is 9.94 Å². The van der Waals surface area contributed by atoms with Crippen molar-refractivity contribution >= 4 is 0 Å². The summed E-state index contributed by atoms with van der Waals surface area (Å²) in [5, 5.41) is 9.73. The molecule has 0 saturated heterocycles. The molecule has 0 bridgehead atoms. The summed E-state index contributed by atoms with van der Waals surface area (Å²) in [6.45, 7) is 6.93. The molecule has 0 saturated carbocycles. The van der Waals surface area contributed by atoms with Crippen LogP contribution in [0, 0.1) is 5.92 Å². The molecule has 1 rings (SSSR count). The summed E-state index contributed by atoms with van der Waals surface area (Å²) in [6.07, 6.45) is 0.871. The largest absolute Gasteiger partial charge is 0.508 e. The second kappa shape index (κ2) is 6.51. The number of hydrogen-bond donors (Lipinski definition) is 2. The molecule has 90 valence electrons. The SMILES string of the molecule is CCC(NOCC(C)C)c1ccccc1O. The van der Waals surface area contributed by atoms with Crippen molar-refractivity contribution < 1.29 is 9.94 Å². The quantitative estimate of drug-likeness (QED) is 0.728. The molecule has 1 aromatic carbocycles. The van der Waals surface area contributed by atoms with Gasteiger partial charge in [-0.1, -0.05) is 39.0 Å². The molecule has 0 aliphatic heterocycles. The Morgan fingerprint density at radius 2 is 2.00 bits per heavy atom. The van der Waals surface area contributed by atoms with E-state index in [1.54, 1.807) is 6.07 Å². The van der Waals surface area contributed by atoms with E-state index in [0.717, 1.165) is 12.0 Å². The van der Waals surface area contributed by atoms with Gasteiger partial charge in [-0.05, 0) is 18.4 Å². The van der Waals surface area contributed by atoms with Gasteiger partial charge in [0.05, 0.1) is 12.6 Å². The zero-order chi connectivity index (χ0) is 12.0. The fraction of sp³-hybridized carbons (Fsp3) is 0.538. The zero-order valence-corrected chi connectivity index (χ0v) is 10.2. The van der Waals surface area contributed by atoms with E-state index in [9.17, 15) is 5.11 Å². The van der Waals surface area contributed by atoms with Gasteiger partial charge in [-0.2, -0.15) is 5.48 Å². The number of benzene rings is 1. The summed E-state index contributed by atoms with van der Waals surface area (Å²) in [4.78, 5) is 5.40. The molecule has 0 radical (unpaired) electrons. The molecule has 0 aliphatic carbocycles. The lowest BCUT2D eigenvalue weighted by Gasteiger charge is -2.18.